The summed E-state index contributed by atoms with van der Waals surface area (Å²) >= 11 is 0. The molecule has 1 aliphatic carbocycles. The van der Waals surface area contributed by atoms with Crippen LogP contribution in [-0.2, 0) is 14.3 Å². The van der Waals surface area contributed by atoms with Crippen LogP contribution in [0.25, 0.3) is 0 Å². The van der Waals surface area contributed by atoms with E-state index in [2.05, 4.69) is 10.6 Å². The van der Waals surface area contributed by atoms with Crippen molar-refractivity contribution < 1.29 is 19.1 Å². The van der Waals surface area contributed by atoms with Gasteiger partial charge in [0.2, 0.25) is 0 Å². The van der Waals surface area contributed by atoms with Gasteiger partial charge in [0.15, 0.2) is 5.76 Å². The summed E-state index contributed by atoms with van der Waals surface area (Å²) in [5.74, 6) is 1.56. The SMILES string of the molecule is O=C1NC(=O)C(CC2C=CC3=C(C2)OCCO3)N1. The third kappa shape index (κ3) is 2.05. The van der Waals surface area contributed by atoms with Crippen LogP contribution in [0.3, 0.4) is 0 Å². The molecule has 3 aliphatic rings. The maximum Gasteiger partial charge on any atom is 0.322 e. The molecule has 18 heavy (non-hydrogen) atoms. The van der Waals surface area contributed by atoms with Crippen LogP contribution in [-0.4, -0.2) is 31.2 Å². The highest BCUT2D eigenvalue weighted by Gasteiger charge is 2.32. The van der Waals surface area contributed by atoms with Gasteiger partial charge in [-0.25, -0.2) is 4.79 Å². The van der Waals surface area contributed by atoms with Crippen molar-refractivity contribution in [3.05, 3.63) is 23.7 Å². The van der Waals surface area contributed by atoms with Gasteiger partial charge in [0, 0.05) is 6.42 Å². The maximum absolute atomic E-state index is 11.5. The van der Waals surface area contributed by atoms with Gasteiger partial charge in [0.1, 0.15) is 25.0 Å². The Balaban J connectivity index is 1.63. The number of ether oxygens (including phenoxy) is 2. The fourth-order valence-corrected chi connectivity index (χ4v) is 2.39. The zero-order valence-electron chi connectivity index (χ0n) is 9.77. The molecule has 0 radical (unpaired) electrons. The lowest BCUT2D eigenvalue weighted by molar-refractivity contribution is -0.120. The van der Waals surface area contributed by atoms with Crippen molar-refractivity contribution >= 4 is 11.9 Å². The molecule has 0 aromatic rings. The Kier molecular flexibility index (Phi) is 2.70. The van der Waals surface area contributed by atoms with Gasteiger partial charge in [-0.05, 0) is 18.4 Å². The summed E-state index contributed by atoms with van der Waals surface area (Å²) in [7, 11) is 0. The average molecular weight is 250 g/mol. The quantitative estimate of drug-likeness (QED) is 0.696. The van der Waals surface area contributed by atoms with Crippen molar-refractivity contribution in [3.63, 3.8) is 0 Å². The predicted molar refractivity (Wildman–Crippen MR) is 61.3 cm³/mol. The smallest absolute Gasteiger partial charge is 0.322 e. The Hall–Kier alpha value is -1.98. The van der Waals surface area contributed by atoms with Crippen molar-refractivity contribution in [2.24, 2.45) is 5.92 Å². The fraction of sp³-hybridized carbons (Fsp3) is 0.500. The van der Waals surface area contributed by atoms with E-state index in [4.69, 9.17) is 9.47 Å². The Morgan fingerprint density at radius 2 is 2.11 bits per heavy atom. The number of amides is 3. The lowest BCUT2D eigenvalue weighted by atomic mass is 9.91. The molecule has 2 aliphatic heterocycles. The first-order chi connectivity index (χ1) is 8.72. The van der Waals surface area contributed by atoms with Gasteiger partial charge in [-0.1, -0.05) is 6.08 Å². The van der Waals surface area contributed by atoms with E-state index >= 15 is 0 Å². The third-order valence-electron chi connectivity index (χ3n) is 3.26. The van der Waals surface area contributed by atoms with Crippen LogP contribution in [0.15, 0.2) is 23.7 Å². The zero-order valence-corrected chi connectivity index (χ0v) is 9.77. The average Bonchev–Trinajstić information content (AvgIpc) is 2.68. The van der Waals surface area contributed by atoms with Crippen LogP contribution in [0.5, 0.6) is 0 Å². The first kappa shape index (κ1) is 11.1. The van der Waals surface area contributed by atoms with Gasteiger partial charge in [-0.15, -0.1) is 0 Å². The second-order valence-electron chi connectivity index (χ2n) is 4.56. The van der Waals surface area contributed by atoms with Crippen molar-refractivity contribution in [1.82, 2.24) is 10.6 Å². The van der Waals surface area contributed by atoms with E-state index in [0.29, 0.717) is 26.1 Å². The molecule has 2 heterocycles. The molecule has 0 aromatic carbocycles. The minimum atomic E-state index is -0.446. The monoisotopic (exact) mass is 250 g/mol. The predicted octanol–water partition coefficient (Wildman–Crippen LogP) is 0.419. The molecule has 6 heteroatoms. The molecule has 0 bridgehead atoms. The molecule has 2 N–H and O–H groups in total. The van der Waals surface area contributed by atoms with Crippen LogP contribution < -0.4 is 10.6 Å². The van der Waals surface area contributed by atoms with Gasteiger partial charge in [-0.3, -0.25) is 10.1 Å². The molecule has 1 saturated heterocycles. The van der Waals surface area contributed by atoms with Crippen molar-refractivity contribution in [2.75, 3.05) is 13.2 Å². The second-order valence-corrected chi connectivity index (χ2v) is 4.56. The fourth-order valence-electron chi connectivity index (χ4n) is 2.39. The number of carbonyl (C=O) groups is 2. The van der Waals surface area contributed by atoms with Crippen LogP contribution >= 0.6 is 0 Å². The topological polar surface area (TPSA) is 76.7 Å². The zero-order chi connectivity index (χ0) is 12.5. The molecule has 3 rings (SSSR count). The Bertz CT molecular complexity index is 455. The van der Waals surface area contributed by atoms with E-state index in [9.17, 15) is 9.59 Å². The summed E-state index contributed by atoms with van der Waals surface area (Å²) in [4.78, 5) is 22.5. The maximum atomic E-state index is 11.5. The summed E-state index contributed by atoms with van der Waals surface area (Å²) < 4.78 is 11.0. The van der Waals surface area contributed by atoms with Crippen LogP contribution in [0.1, 0.15) is 12.8 Å². The molecule has 1 fully saturated rings. The van der Waals surface area contributed by atoms with E-state index in [1.165, 1.54) is 0 Å². The molecule has 6 nitrogen and oxygen atoms in total. The number of hydrogen-bond donors (Lipinski definition) is 2. The lowest BCUT2D eigenvalue weighted by Crippen LogP contribution is -2.31. The van der Waals surface area contributed by atoms with E-state index < -0.39 is 12.1 Å². The van der Waals surface area contributed by atoms with Crippen molar-refractivity contribution in [3.8, 4) is 0 Å². The summed E-state index contributed by atoms with van der Waals surface area (Å²) in [6.45, 7) is 1.15. The van der Waals surface area contributed by atoms with E-state index in [1.807, 2.05) is 12.2 Å². The van der Waals surface area contributed by atoms with Crippen LogP contribution in [0.4, 0.5) is 4.79 Å². The van der Waals surface area contributed by atoms with Crippen LogP contribution in [0.2, 0.25) is 0 Å². The molecule has 0 aromatic heterocycles. The molecule has 3 amide bonds. The molecule has 2 atom stereocenters. The number of rotatable bonds is 2. The molecule has 0 spiro atoms. The summed E-state index contributed by atoms with van der Waals surface area (Å²) in [5, 5.41) is 4.83. The highest BCUT2D eigenvalue weighted by atomic mass is 16.6. The van der Waals surface area contributed by atoms with E-state index in [-0.39, 0.29) is 11.8 Å². The Morgan fingerprint density at radius 3 is 2.89 bits per heavy atom. The molecule has 2 unspecified atom stereocenters. The Labute approximate surface area is 104 Å². The van der Waals surface area contributed by atoms with Gasteiger partial charge < -0.3 is 14.8 Å². The van der Waals surface area contributed by atoms with Crippen LogP contribution in [0, 0.1) is 5.92 Å². The van der Waals surface area contributed by atoms with E-state index in [1.54, 1.807) is 0 Å². The van der Waals surface area contributed by atoms with E-state index in [0.717, 1.165) is 11.5 Å². The lowest BCUT2D eigenvalue weighted by Gasteiger charge is -2.27. The molecule has 0 saturated carbocycles. The molecular weight excluding hydrogens is 236 g/mol. The summed E-state index contributed by atoms with van der Waals surface area (Å²) in [5.41, 5.74) is 0. The number of imide groups is 1. The highest BCUT2D eigenvalue weighted by Crippen LogP contribution is 2.30. The highest BCUT2D eigenvalue weighted by molar-refractivity contribution is 6.04. The number of hydrogen-bond acceptors (Lipinski definition) is 4. The standard InChI is InChI=1S/C12H14N2O4/c15-11-8(13-12(16)14-11)5-7-1-2-9-10(6-7)18-4-3-17-9/h1-2,7-8H,3-6H2,(H2,13,14,15,16). The number of nitrogens with one attached hydrogen (secondary N) is 2. The molecular formula is C12H14N2O4. The minimum Gasteiger partial charge on any atom is -0.490 e. The molecule has 96 valence electrons. The van der Waals surface area contributed by atoms with Crippen molar-refractivity contribution in [1.29, 1.82) is 0 Å². The number of allylic oxidation sites excluding steroid dienone is 3. The first-order valence-electron chi connectivity index (χ1n) is 6.00. The van der Waals surface area contributed by atoms with Gasteiger partial charge in [-0.2, -0.15) is 0 Å². The van der Waals surface area contributed by atoms with Gasteiger partial charge >= 0.3 is 6.03 Å². The first-order valence-corrected chi connectivity index (χ1v) is 6.00. The number of carbonyl (C=O) groups excluding carboxylic acids is 2. The number of urea groups is 1. The largest absolute Gasteiger partial charge is 0.490 e. The normalized spacial score (nSPS) is 30.2. The van der Waals surface area contributed by atoms with Gasteiger partial charge in [0.25, 0.3) is 5.91 Å². The summed E-state index contributed by atoms with van der Waals surface area (Å²) in [6, 6.07) is -0.860. The van der Waals surface area contributed by atoms with Crippen molar-refractivity contribution in [2.45, 2.75) is 18.9 Å². The third-order valence-corrected chi connectivity index (χ3v) is 3.26. The second kappa shape index (κ2) is 4.36. The Morgan fingerprint density at radius 1 is 1.28 bits per heavy atom. The van der Waals surface area contributed by atoms with Gasteiger partial charge in [0.05, 0.1) is 0 Å². The minimum absolute atomic E-state index is 0.180. The summed E-state index contributed by atoms with van der Waals surface area (Å²) in [6.07, 6.45) is 5.18.